The second-order valence-electron chi connectivity index (χ2n) is 6.24. The second-order valence-corrected chi connectivity index (χ2v) is 6.24. The Balaban J connectivity index is 1.41. The van der Waals surface area contributed by atoms with Gasteiger partial charge in [0.15, 0.2) is 11.5 Å². The van der Waals surface area contributed by atoms with E-state index in [9.17, 15) is 9.59 Å². The van der Waals surface area contributed by atoms with Gasteiger partial charge in [0.05, 0.1) is 24.1 Å². The van der Waals surface area contributed by atoms with Crippen LogP contribution >= 0.6 is 0 Å². The molecule has 2 N–H and O–H groups in total. The Morgan fingerprint density at radius 1 is 1.00 bits per heavy atom. The normalized spacial score (nSPS) is 12.1. The van der Waals surface area contributed by atoms with Crippen molar-refractivity contribution in [1.29, 1.82) is 0 Å². The van der Waals surface area contributed by atoms with Crippen LogP contribution in [0.5, 0.6) is 11.5 Å². The molecular formula is C22H18N2O5. The number of ether oxygens (including phenoxy) is 2. The van der Waals surface area contributed by atoms with Gasteiger partial charge in [0.25, 0.3) is 5.91 Å². The first-order valence-corrected chi connectivity index (χ1v) is 8.97. The predicted molar refractivity (Wildman–Crippen MR) is 107 cm³/mol. The fourth-order valence-electron chi connectivity index (χ4n) is 2.83. The van der Waals surface area contributed by atoms with Crippen molar-refractivity contribution in [1.82, 2.24) is 5.32 Å². The van der Waals surface area contributed by atoms with E-state index in [2.05, 4.69) is 10.6 Å². The zero-order valence-electron chi connectivity index (χ0n) is 15.4. The molecule has 0 atom stereocenters. The molecule has 0 radical (unpaired) electrons. The molecule has 4 rings (SSSR count). The van der Waals surface area contributed by atoms with Gasteiger partial charge in [-0.25, -0.2) is 0 Å². The van der Waals surface area contributed by atoms with Crippen molar-refractivity contribution in [3.05, 3.63) is 83.8 Å². The maximum Gasteiger partial charge on any atom is 0.253 e. The Kier molecular flexibility index (Phi) is 5.29. The van der Waals surface area contributed by atoms with Gasteiger partial charge in [-0.3, -0.25) is 9.59 Å². The Morgan fingerprint density at radius 2 is 1.86 bits per heavy atom. The Hall–Kier alpha value is -4.00. The zero-order valence-corrected chi connectivity index (χ0v) is 15.4. The Bertz CT molecular complexity index is 1060. The fourth-order valence-corrected chi connectivity index (χ4v) is 2.83. The van der Waals surface area contributed by atoms with Gasteiger partial charge in [-0.15, -0.1) is 0 Å². The van der Waals surface area contributed by atoms with E-state index in [1.807, 2.05) is 6.07 Å². The number of para-hydroxylation sites is 1. The number of nitrogens with one attached hydrogen (secondary N) is 2. The molecule has 3 aromatic rings. The predicted octanol–water partition coefficient (Wildman–Crippen LogP) is 3.59. The highest BCUT2D eigenvalue weighted by Crippen LogP contribution is 2.32. The number of anilines is 1. The summed E-state index contributed by atoms with van der Waals surface area (Å²) in [6.07, 6.45) is 4.61. The number of amides is 2. The summed E-state index contributed by atoms with van der Waals surface area (Å²) in [5, 5.41) is 5.51. The molecule has 7 nitrogen and oxygen atoms in total. The minimum atomic E-state index is -0.353. The third-order valence-electron chi connectivity index (χ3n) is 4.26. The molecular weight excluding hydrogens is 372 g/mol. The molecule has 0 spiro atoms. The number of hydrogen-bond donors (Lipinski definition) is 2. The van der Waals surface area contributed by atoms with Crippen LogP contribution in [0.15, 0.2) is 71.4 Å². The van der Waals surface area contributed by atoms with E-state index in [1.54, 1.807) is 60.9 Å². The van der Waals surface area contributed by atoms with E-state index in [4.69, 9.17) is 13.9 Å². The van der Waals surface area contributed by atoms with E-state index in [0.717, 1.165) is 5.56 Å². The summed E-state index contributed by atoms with van der Waals surface area (Å²) in [4.78, 5) is 24.8. The van der Waals surface area contributed by atoms with Crippen LogP contribution in [0.1, 0.15) is 21.7 Å². The fraction of sp³-hybridized carbons (Fsp3) is 0.0909. The summed E-state index contributed by atoms with van der Waals surface area (Å²) < 4.78 is 15.8. The molecule has 0 unspecified atom stereocenters. The number of furan rings is 1. The highest BCUT2D eigenvalue weighted by molar-refractivity contribution is 6.07. The molecule has 0 aliphatic carbocycles. The van der Waals surface area contributed by atoms with Crippen molar-refractivity contribution in [3.63, 3.8) is 0 Å². The number of fused-ring (bicyclic) bond motifs is 1. The van der Waals surface area contributed by atoms with E-state index in [0.29, 0.717) is 28.5 Å². The molecule has 0 fully saturated rings. The van der Waals surface area contributed by atoms with Crippen LogP contribution in [0.3, 0.4) is 0 Å². The third kappa shape index (κ3) is 4.47. The van der Waals surface area contributed by atoms with Gasteiger partial charge in [0, 0.05) is 6.08 Å². The molecule has 1 aliphatic rings. The molecule has 2 heterocycles. The quantitative estimate of drug-likeness (QED) is 0.628. The van der Waals surface area contributed by atoms with Crippen LogP contribution in [0, 0.1) is 0 Å². The summed E-state index contributed by atoms with van der Waals surface area (Å²) >= 11 is 0. The number of carbonyl (C=O) groups is 2. The third-order valence-corrected chi connectivity index (χ3v) is 4.26. The molecule has 0 saturated heterocycles. The largest absolute Gasteiger partial charge is 0.467 e. The van der Waals surface area contributed by atoms with Crippen molar-refractivity contribution in [3.8, 4) is 11.5 Å². The molecule has 2 aromatic carbocycles. The number of hydrogen-bond acceptors (Lipinski definition) is 5. The smallest absolute Gasteiger partial charge is 0.253 e. The van der Waals surface area contributed by atoms with Crippen molar-refractivity contribution in [2.75, 3.05) is 12.1 Å². The van der Waals surface area contributed by atoms with Crippen LogP contribution in [0.25, 0.3) is 6.08 Å². The van der Waals surface area contributed by atoms with Gasteiger partial charge in [-0.2, -0.15) is 0 Å². The summed E-state index contributed by atoms with van der Waals surface area (Å²) in [5.41, 5.74) is 1.59. The first-order valence-electron chi connectivity index (χ1n) is 8.97. The second kappa shape index (κ2) is 8.35. The standard InChI is InChI=1S/C22H18N2O5/c25-21(10-8-15-7-9-19-20(12-15)29-14-28-19)24-18-6-2-1-5-17(18)22(26)23-13-16-4-3-11-27-16/h1-12H,13-14H2,(H,23,26)(H,24,25)/b10-8+. The van der Waals surface area contributed by atoms with Crippen LogP contribution in [-0.4, -0.2) is 18.6 Å². The lowest BCUT2D eigenvalue weighted by atomic mass is 10.1. The highest BCUT2D eigenvalue weighted by Gasteiger charge is 2.14. The van der Waals surface area contributed by atoms with Crippen molar-refractivity contribution in [2.45, 2.75) is 6.54 Å². The van der Waals surface area contributed by atoms with Gasteiger partial charge in [-0.05, 0) is 48.0 Å². The number of rotatable bonds is 6. The topological polar surface area (TPSA) is 89.8 Å². The lowest BCUT2D eigenvalue weighted by molar-refractivity contribution is -0.111. The van der Waals surface area contributed by atoms with Crippen molar-refractivity contribution >= 4 is 23.6 Å². The molecule has 0 bridgehead atoms. The van der Waals surface area contributed by atoms with Gasteiger partial charge >= 0.3 is 0 Å². The first kappa shape index (κ1) is 18.4. The number of benzene rings is 2. The lowest BCUT2D eigenvalue weighted by Gasteiger charge is -2.10. The van der Waals surface area contributed by atoms with Crippen molar-refractivity contribution < 1.29 is 23.5 Å². The minimum Gasteiger partial charge on any atom is -0.467 e. The molecule has 7 heteroatoms. The molecule has 1 aromatic heterocycles. The van der Waals surface area contributed by atoms with Crippen LogP contribution in [-0.2, 0) is 11.3 Å². The van der Waals surface area contributed by atoms with Crippen molar-refractivity contribution in [2.24, 2.45) is 0 Å². The average Bonchev–Trinajstić information content (AvgIpc) is 3.42. The van der Waals surface area contributed by atoms with E-state index in [-0.39, 0.29) is 25.2 Å². The van der Waals surface area contributed by atoms with Gasteiger partial charge in [0.1, 0.15) is 5.76 Å². The summed E-state index contributed by atoms with van der Waals surface area (Å²) in [6, 6.07) is 15.7. The molecule has 0 saturated carbocycles. The average molecular weight is 390 g/mol. The Morgan fingerprint density at radius 3 is 2.72 bits per heavy atom. The maximum atomic E-state index is 12.5. The van der Waals surface area contributed by atoms with Gasteiger partial charge < -0.3 is 24.5 Å². The molecule has 29 heavy (non-hydrogen) atoms. The summed E-state index contributed by atoms with van der Waals surface area (Å²) in [7, 11) is 0. The molecule has 1 aliphatic heterocycles. The Labute approximate surface area is 166 Å². The highest BCUT2D eigenvalue weighted by atomic mass is 16.7. The monoisotopic (exact) mass is 390 g/mol. The zero-order chi connectivity index (χ0) is 20.1. The maximum absolute atomic E-state index is 12.5. The van der Waals surface area contributed by atoms with Crippen LogP contribution < -0.4 is 20.1 Å². The van der Waals surface area contributed by atoms with E-state index >= 15 is 0 Å². The SMILES string of the molecule is O=C(/C=C/c1ccc2c(c1)OCO2)Nc1ccccc1C(=O)NCc1ccco1. The van der Waals surface area contributed by atoms with Crippen LogP contribution in [0.2, 0.25) is 0 Å². The molecule has 146 valence electrons. The number of carbonyl (C=O) groups excluding carboxylic acids is 2. The molecule has 2 amide bonds. The summed E-state index contributed by atoms with van der Waals surface area (Å²) in [6.45, 7) is 0.458. The van der Waals surface area contributed by atoms with E-state index < -0.39 is 0 Å². The first-order chi connectivity index (χ1) is 14.2. The van der Waals surface area contributed by atoms with Crippen LogP contribution in [0.4, 0.5) is 5.69 Å². The van der Waals surface area contributed by atoms with Gasteiger partial charge in [-0.1, -0.05) is 18.2 Å². The van der Waals surface area contributed by atoms with Gasteiger partial charge in [0.2, 0.25) is 12.7 Å². The lowest BCUT2D eigenvalue weighted by Crippen LogP contribution is -2.24. The van der Waals surface area contributed by atoms with E-state index in [1.165, 1.54) is 6.08 Å². The minimum absolute atomic E-state index is 0.196. The summed E-state index contributed by atoms with van der Waals surface area (Å²) in [5.74, 6) is 1.31.